The van der Waals surface area contributed by atoms with Crippen LogP contribution in [-0.4, -0.2) is 46.6 Å². The molecule has 0 radical (unpaired) electrons. The van der Waals surface area contributed by atoms with E-state index in [9.17, 15) is 9.18 Å². The molecule has 0 saturated carbocycles. The topological polar surface area (TPSA) is 86.3 Å². The molecular formula is C17H16FN5O2. The number of aryl methyl sites for hydroxylation is 1. The molecule has 128 valence electrons. The van der Waals surface area contributed by atoms with Crippen molar-refractivity contribution in [2.75, 3.05) is 24.5 Å². The molecule has 1 unspecified atom stereocenters. The van der Waals surface area contributed by atoms with Gasteiger partial charge in [0.25, 0.3) is 0 Å². The predicted octanol–water partition coefficient (Wildman–Crippen LogP) is 1.59. The summed E-state index contributed by atoms with van der Waals surface area (Å²) >= 11 is 0. The quantitative estimate of drug-likeness (QED) is 0.843. The van der Waals surface area contributed by atoms with Gasteiger partial charge in [0.2, 0.25) is 11.8 Å². The summed E-state index contributed by atoms with van der Waals surface area (Å²) in [7, 11) is 0. The number of nitrogens with zero attached hydrogens (tertiary/aromatic N) is 5. The van der Waals surface area contributed by atoms with Gasteiger partial charge in [-0.2, -0.15) is 10.2 Å². The highest BCUT2D eigenvalue weighted by molar-refractivity contribution is 5.80. The van der Waals surface area contributed by atoms with Gasteiger partial charge in [-0.1, -0.05) is 11.2 Å². The molecule has 8 heteroatoms. The number of aromatic nitrogens is 2. The van der Waals surface area contributed by atoms with E-state index in [1.165, 1.54) is 6.07 Å². The zero-order valence-corrected chi connectivity index (χ0v) is 13.6. The van der Waals surface area contributed by atoms with Gasteiger partial charge in [0.15, 0.2) is 5.82 Å². The Morgan fingerprint density at radius 2 is 2.16 bits per heavy atom. The third-order valence-corrected chi connectivity index (χ3v) is 4.80. The zero-order valence-electron chi connectivity index (χ0n) is 13.6. The number of benzene rings is 1. The minimum Gasteiger partial charge on any atom is -0.366 e. The molecule has 2 aliphatic heterocycles. The number of amides is 1. The minimum absolute atomic E-state index is 0.0490. The van der Waals surface area contributed by atoms with Crippen molar-refractivity contribution < 1.29 is 13.7 Å². The van der Waals surface area contributed by atoms with Crippen molar-refractivity contribution in [2.45, 2.75) is 25.3 Å². The molecule has 0 N–H and O–H groups in total. The summed E-state index contributed by atoms with van der Waals surface area (Å²) in [6, 6.07) is 6.56. The van der Waals surface area contributed by atoms with Crippen LogP contribution in [0, 0.1) is 24.1 Å². The molecule has 3 heterocycles. The minimum atomic E-state index is -0.521. The van der Waals surface area contributed by atoms with Crippen LogP contribution in [0.5, 0.6) is 0 Å². The first-order valence-electron chi connectivity index (χ1n) is 8.10. The fourth-order valence-electron chi connectivity index (χ4n) is 3.46. The van der Waals surface area contributed by atoms with E-state index in [-0.39, 0.29) is 23.4 Å². The first kappa shape index (κ1) is 15.6. The van der Waals surface area contributed by atoms with Gasteiger partial charge in [-0.05, 0) is 19.1 Å². The Labute approximate surface area is 143 Å². The second-order valence-corrected chi connectivity index (χ2v) is 6.43. The number of rotatable bonds is 3. The molecule has 1 aromatic carbocycles. The molecule has 2 aliphatic rings. The average molecular weight is 341 g/mol. The number of anilines is 1. The Morgan fingerprint density at radius 3 is 2.84 bits per heavy atom. The van der Waals surface area contributed by atoms with Crippen LogP contribution in [0.2, 0.25) is 0 Å². The van der Waals surface area contributed by atoms with E-state index >= 15 is 0 Å². The third-order valence-electron chi connectivity index (χ3n) is 4.80. The van der Waals surface area contributed by atoms with Crippen LogP contribution in [-0.2, 0) is 4.79 Å². The monoisotopic (exact) mass is 341 g/mol. The summed E-state index contributed by atoms with van der Waals surface area (Å²) in [5, 5.41) is 12.9. The van der Waals surface area contributed by atoms with E-state index in [0.717, 1.165) is 0 Å². The van der Waals surface area contributed by atoms with Crippen LogP contribution in [0.15, 0.2) is 22.7 Å². The number of hydrogen-bond donors (Lipinski definition) is 0. The maximum atomic E-state index is 13.7. The van der Waals surface area contributed by atoms with Crippen molar-refractivity contribution in [1.82, 2.24) is 15.0 Å². The first-order chi connectivity index (χ1) is 12.1. The summed E-state index contributed by atoms with van der Waals surface area (Å²) in [6.45, 7) is 3.46. The van der Waals surface area contributed by atoms with Crippen molar-refractivity contribution in [3.63, 3.8) is 0 Å². The van der Waals surface area contributed by atoms with E-state index in [4.69, 9.17) is 9.78 Å². The van der Waals surface area contributed by atoms with E-state index in [2.05, 4.69) is 10.1 Å². The Bertz CT molecular complexity index is 868. The average Bonchev–Trinajstić information content (AvgIpc) is 3.13. The Kier molecular flexibility index (Phi) is 3.64. The van der Waals surface area contributed by atoms with Crippen LogP contribution < -0.4 is 4.90 Å². The van der Waals surface area contributed by atoms with Gasteiger partial charge in [0.05, 0.1) is 17.6 Å². The molecular weight excluding hydrogens is 325 g/mol. The third kappa shape index (κ3) is 2.61. The fourth-order valence-corrected chi connectivity index (χ4v) is 3.46. The molecule has 7 nitrogen and oxygen atoms in total. The highest BCUT2D eigenvalue weighted by Gasteiger charge is 2.42. The lowest BCUT2D eigenvalue weighted by molar-refractivity contribution is -0.130. The normalized spacial score (nSPS) is 20.7. The Hall–Kier alpha value is -2.95. The van der Waals surface area contributed by atoms with Crippen molar-refractivity contribution in [2.24, 2.45) is 0 Å². The van der Waals surface area contributed by atoms with Gasteiger partial charge in [-0.25, -0.2) is 4.39 Å². The van der Waals surface area contributed by atoms with E-state index in [1.807, 2.05) is 15.9 Å². The molecule has 1 atom stereocenters. The van der Waals surface area contributed by atoms with Crippen LogP contribution >= 0.6 is 0 Å². The van der Waals surface area contributed by atoms with Crippen LogP contribution in [0.4, 0.5) is 10.1 Å². The lowest BCUT2D eigenvalue weighted by Gasteiger charge is -2.45. The van der Waals surface area contributed by atoms with Gasteiger partial charge in [0, 0.05) is 26.1 Å². The standard InChI is InChI=1S/C17H16FN5O2/c1-10-20-17(25-21-10)11-5-16(24)23(7-11)12-8-22(9-12)15-4-2-3-14(18)13(15)6-19/h2-4,11-12H,5,7-9H2,1H3. The highest BCUT2D eigenvalue weighted by Crippen LogP contribution is 2.33. The maximum Gasteiger partial charge on any atom is 0.232 e. The van der Waals surface area contributed by atoms with Crippen LogP contribution in [0.3, 0.4) is 0 Å². The molecule has 2 saturated heterocycles. The number of hydrogen-bond acceptors (Lipinski definition) is 6. The molecule has 4 rings (SSSR count). The number of halogens is 1. The summed E-state index contributed by atoms with van der Waals surface area (Å²) in [6.07, 6.45) is 0.363. The van der Waals surface area contributed by atoms with Gasteiger partial charge >= 0.3 is 0 Å². The van der Waals surface area contributed by atoms with Crippen LogP contribution in [0.25, 0.3) is 0 Å². The van der Waals surface area contributed by atoms with Crippen LogP contribution in [0.1, 0.15) is 29.6 Å². The smallest absolute Gasteiger partial charge is 0.232 e. The second-order valence-electron chi connectivity index (χ2n) is 6.43. The molecule has 2 fully saturated rings. The number of likely N-dealkylation sites (tertiary alicyclic amines) is 1. The molecule has 0 spiro atoms. The molecule has 25 heavy (non-hydrogen) atoms. The first-order valence-corrected chi connectivity index (χ1v) is 8.10. The number of nitriles is 1. The summed E-state index contributed by atoms with van der Waals surface area (Å²) in [4.78, 5) is 20.3. The lowest BCUT2D eigenvalue weighted by atomic mass is 10.0. The van der Waals surface area contributed by atoms with Gasteiger partial charge in [0.1, 0.15) is 17.4 Å². The lowest BCUT2D eigenvalue weighted by Crippen LogP contribution is -2.60. The summed E-state index contributed by atoms with van der Waals surface area (Å²) in [5.74, 6) is 0.525. The van der Waals surface area contributed by atoms with E-state index in [0.29, 0.717) is 43.5 Å². The molecule has 0 bridgehead atoms. The second kappa shape index (κ2) is 5.84. The molecule has 2 aromatic rings. The van der Waals surface area contributed by atoms with Gasteiger partial charge < -0.3 is 14.3 Å². The molecule has 1 amide bonds. The fraction of sp³-hybridized carbons (Fsp3) is 0.412. The van der Waals surface area contributed by atoms with Crippen molar-refractivity contribution >= 4 is 11.6 Å². The number of carbonyl (C=O) groups is 1. The van der Waals surface area contributed by atoms with Crippen molar-refractivity contribution in [3.8, 4) is 6.07 Å². The number of carbonyl (C=O) groups excluding carboxylic acids is 1. The SMILES string of the molecule is Cc1noc(C2CC(=O)N(C3CN(c4cccc(F)c4C#N)C3)C2)n1. The highest BCUT2D eigenvalue weighted by atomic mass is 19.1. The van der Waals surface area contributed by atoms with Gasteiger partial charge in [-0.15, -0.1) is 0 Å². The van der Waals surface area contributed by atoms with Gasteiger partial charge in [-0.3, -0.25) is 4.79 Å². The van der Waals surface area contributed by atoms with E-state index in [1.54, 1.807) is 19.1 Å². The van der Waals surface area contributed by atoms with E-state index < -0.39 is 5.82 Å². The molecule has 0 aliphatic carbocycles. The Morgan fingerprint density at radius 1 is 1.36 bits per heavy atom. The molecule has 1 aromatic heterocycles. The predicted molar refractivity (Wildman–Crippen MR) is 85.2 cm³/mol. The summed E-state index contributed by atoms with van der Waals surface area (Å²) < 4.78 is 18.9. The Balaban J connectivity index is 1.44. The van der Waals surface area contributed by atoms with Crippen molar-refractivity contribution in [3.05, 3.63) is 41.3 Å². The zero-order chi connectivity index (χ0) is 17.6. The largest absolute Gasteiger partial charge is 0.366 e. The maximum absolute atomic E-state index is 13.7. The summed E-state index contributed by atoms with van der Waals surface area (Å²) in [5.41, 5.74) is 0.627. The van der Waals surface area contributed by atoms with Crippen molar-refractivity contribution in [1.29, 1.82) is 5.26 Å².